The molecule has 0 bridgehead atoms. The molecule has 0 aliphatic carbocycles. The number of hydrogen-bond donors (Lipinski definition) is 0. The summed E-state index contributed by atoms with van der Waals surface area (Å²) in [5, 5.41) is 13.0. The zero-order valence-electron chi connectivity index (χ0n) is 44.7. The highest BCUT2D eigenvalue weighted by Gasteiger charge is 2.23. The van der Waals surface area contributed by atoms with Gasteiger partial charge in [0.1, 0.15) is 44.7 Å². The lowest BCUT2D eigenvalue weighted by Gasteiger charge is -2.14. The van der Waals surface area contributed by atoms with Crippen LogP contribution < -0.4 is 0 Å². The van der Waals surface area contributed by atoms with Gasteiger partial charge in [0, 0.05) is 86.9 Å². The van der Waals surface area contributed by atoms with Crippen LogP contribution in [0, 0.1) is 0 Å². The molecule has 0 saturated carbocycles. The first-order chi connectivity index (χ1) is 41.6. The van der Waals surface area contributed by atoms with Crippen LogP contribution >= 0.6 is 0 Å². The molecule has 0 amide bonds. The van der Waals surface area contributed by atoms with Crippen molar-refractivity contribution in [1.29, 1.82) is 0 Å². The maximum Gasteiger partial charge on any atom is 0.135 e. The number of pyridine rings is 2. The number of para-hydroxylation sites is 6. The average molecular weight is 1080 g/mol. The summed E-state index contributed by atoms with van der Waals surface area (Å²) < 4.78 is 30.2. The zero-order chi connectivity index (χ0) is 54.7. The molecule has 19 rings (SSSR count). The molecule has 0 fully saturated rings. The molecule has 390 valence electrons. The lowest BCUT2D eigenvalue weighted by atomic mass is 10.0. The van der Waals surface area contributed by atoms with Crippen molar-refractivity contribution in [3.8, 4) is 56.4 Å². The van der Waals surface area contributed by atoms with Crippen LogP contribution in [0.2, 0.25) is 0 Å². The summed E-state index contributed by atoms with van der Waals surface area (Å²) in [5.74, 6) is 0. The van der Waals surface area contributed by atoms with Crippen molar-refractivity contribution in [2.24, 2.45) is 0 Å². The van der Waals surface area contributed by atoms with Gasteiger partial charge in [0.15, 0.2) is 0 Å². The van der Waals surface area contributed by atoms with E-state index in [0.29, 0.717) is 0 Å². The van der Waals surface area contributed by atoms with Crippen LogP contribution in [0.1, 0.15) is 0 Å². The highest BCUT2D eigenvalue weighted by atomic mass is 16.3. The van der Waals surface area contributed by atoms with Crippen molar-refractivity contribution in [2.75, 3.05) is 0 Å². The van der Waals surface area contributed by atoms with Crippen LogP contribution in [0.4, 0.5) is 0 Å². The number of furan rings is 4. The van der Waals surface area contributed by atoms with Gasteiger partial charge in [-0.3, -0.25) is 0 Å². The van der Waals surface area contributed by atoms with E-state index in [1.54, 1.807) is 0 Å². The fourth-order valence-electron chi connectivity index (χ4n) is 13.4. The second-order valence-corrected chi connectivity index (χ2v) is 22.0. The van der Waals surface area contributed by atoms with Crippen molar-refractivity contribution < 1.29 is 17.7 Å². The molecule has 0 spiro atoms. The topological polar surface area (TPSA) is 88.2 Å². The maximum absolute atomic E-state index is 6.33. The average Bonchev–Trinajstić information content (AvgIpc) is 2.15. The van der Waals surface area contributed by atoms with Gasteiger partial charge >= 0.3 is 0 Å². The number of hydrogen-bond acceptors (Lipinski definition) is 6. The van der Waals surface area contributed by atoms with E-state index in [9.17, 15) is 0 Å². The molecule has 11 aromatic carbocycles. The van der Waals surface area contributed by atoms with E-state index in [1.165, 1.54) is 0 Å². The van der Waals surface area contributed by atoms with Gasteiger partial charge in [-0.25, -0.2) is 9.97 Å². The van der Waals surface area contributed by atoms with Gasteiger partial charge in [0.2, 0.25) is 0 Å². The Labute approximate surface area is 476 Å². The monoisotopic (exact) mass is 1070 g/mol. The molecule has 8 heteroatoms. The smallest absolute Gasteiger partial charge is 0.135 e. The molecular weight excluding hydrogens is 1030 g/mol. The Morgan fingerprint density at radius 2 is 0.464 bits per heavy atom. The van der Waals surface area contributed by atoms with Crippen molar-refractivity contribution >= 4 is 131 Å². The molecule has 84 heavy (non-hydrogen) atoms. The molecule has 19 aromatic rings. The summed E-state index contributed by atoms with van der Waals surface area (Å²) in [6.45, 7) is 0. The fraction of sp³-hybridized carbons (Fsp3) is 0. The largest absolute Gasteiger partial charge is 0.456 e. The van der Waals surface area contributed by atoms with E-state index in [2.05, 4.69) is 215 Å². The summed E-state index contributed by atoms with van der Waals surface area (Å²) in [6, 6.07) is 89.9. The van der Waals surface area contributed by atoms with Crippen LogP contribution in [-0.4, -0.2) is 19.1 Å². The van der Waals surface area contributed by atoms with E-state index in [0.717, 1.165) is 188 Å². The van der Waals surface area contributed by atoms with Crippen LogP contribution in [0.5, 0.6) is 0 Å². The van der Waals surface area contributed by atoms with Gasteiger partial charge in [-0.1, -0.05) is 109 Å². The Bertz CT molecular complexity index is 5390. The predicted octanol–water partition coefficient (Wildman–Crippen LogP) is 20.9. The highest BCUT2D eigenvalue weighted by Crippen LogP contribution is 2.44. The third-order valence-electron chi connectivity index (χ3n) is 17.3. The number of aromatic nitrogens is 4. The third-order valence-corrected chi connectivity index (χ3v) is 17.3. The molecule has 0 radical (unpaired) electrons. The van der Waals surface area contributed by atoms with E-state index < -0.39 is 0 Å². The quantitative estimate of drug-likeness (QED) is 0.165. The summed E-state index contributed by atoms with van der Waals surface area (Å²) in [7, 11) is 0. The number of rotatable bonds is 6. The van der Waals surface area contributed by atoms with Gasteiger partial charge in [0.25, 0.3) is 0 Å². The Morgan fingerprint density at radius 1 is 0.202 bits per heavy atom. The van der Waals surface area contributed by atoms with E-state index in [4.69, 9.17) is 27.6 Å². The second kappa shape index (κ2) is 17.0. The maximum atomic E-state index is 6.33. The first kappa shape index (κ1) is 45.3. The second-order valence-electron chi connectivity index (χ2n) is 22.0. The number of fused-ring (bicyclic) bond motifs is 18. The third kappa shape index (κ3) is 6.64. The zero-order valence-corrected chi connectivity index (χ0v) is 44.7. The molecular formula is C76H42N4O4. The molecule has 0 unspecified atom stereocenters. The fourth-order valence-corrected chi connectivity index (χ4v) is 13.4. The minimum atomic E-state index is 0.840. The van der Waals surface area contributed by atoms with Crippen LogP contribution in [0.25, 0.3) is 188 Å². The first-order valence-electron chi connectivity index (χ1n) is 28.2. The molecule has 8 nitrogen and oxygen atoms in total. The van der Waals surface area contributed by atoms with Crippen LogP contribution in [-0.2, 0) is 0 Å². The lowest BCUT2D eigenvalue weighted by molar-refractivity contribution is 0.668. The molecule has 8 aromatic heterocycles. The van der Waals surface area contributed by atoms with Crippen molar-refractivity contribution in [3.05, 3.63) is 255 Å². The number of benzene rings is 11. The molecule has 8 heterocycles. The van der Waals surface area contributed by atoms with Crippen LogP contribution in [0.3, 0.4) is 0 Å². The SMILES string of the molecule is c1ccc2c(c1)oc1ccc(-c3cc(-n4c5ccccc5c5cc6c(cc54)c4ccccc4n6-c4cc(-c5ccc6oc7ccccc7c6c5)nc(-c5ccc6oc7ccccc7c6c5)c4)cc(-c4ccc5oc6ccccc6c5c4)n3)cc12. The summed E-state index contributed by atoms with van der Waals surface area (Å²) in [6.07, 6.45) is 0. The van der Waals surface area contributed by atoms with E-state index in [-0.39, 0.29) is 0 Å². The first-order valence-corrected chi connectivity index (χ1v) is 28.2. The van der Waals surface area contributed by atoms with Gasteiger partial charge < -0.3 is 26.8 Å². The van der Waals surface area contributed by atoms with Crippen molar-refractivity contribution in [3.63, 3.8) is 0 Å². The normalized spacial score (nSPS) is 12.3. The minimum absolute atomic E-state index is 0.840. The summed E-state index contributed by atoms with van der Waals surface area (Å²) in [5.41, 5.74) is 20.5. The van der Waals surface area contributed by atoms with Gasteiger partial charge in [-0.15, -0.1) is 0 Å². The van der Waals surface area contributed by atoms with Gasteiger partial charge in [-0.05, 0) is 146 Å². The standard InChI is InChI=1S/C76H42N4O4/c1-7-19-65-49(13-1)55-41-68-56(42-67(55)79(65)47-37-61(43-25-29-73-57(33-43)51-15-3-9-21-69(51)81-73)77-62(38-47)44-26-30-74-58(34-44)52-16-4-10-22-70(52)82-74)50-14-2-8-20-66(50)80(68)48-39-63(45-27-31-75-59(35-45)53-17-5-11-23-71(53)83-75)78-64(40-48)46-28-32-76-60(36-46)54-18-6-12-24-72(54)84-76/h1-42H. The van der Waals surface area contributed by atoms with E-state index in [1.807, 2.05) is 48.5 Å². The molecule has 0 N–H and O–H groups in total. The van der Waals surface area contributed by atoms with Gasteiger partial charge in [0.05, 0.1) is 56.2 Å². The Hall–Kier alpha value is -11.5. The predicted molar refractivity (Wildman–Crippen MR) is 342 cm³/mol. The Morgan fingerprint density at radius 3 is 0.774 bits per heavy atom. The molecule has 0 atom stereocenters. The van der Waals surface area contributed by atoms with Crippen LogP contribution in [0.15, 0.2) is 272 Å². The minimum Gasteiger partial charge on any atom is -0.456 e. The van der Waals surface area contributed by atoms with Gasteiger partial charge in [-0.2, -0.15) is 0 Å². The van der Waals surface area contributed by atoms with Crippen molar-refractivity contribution in [1.82, 2.24) is 19.1 Å². The summed E-state index contributed by atoms with van der Waals surface area (Å²) >= 11 is 0. The highest BCUT2D eigenvalue weighted by molar-refractivity contribution is 6.19. The Kier molecular flexibility index (Phi) is 9.18. The molecule has 0 saturated heterocycles. The number of nitrogens with zero attached hydrogens (tertiary/aromatic N) is 4. The Balaban J connectivity index is 0.853. The summed E-state index contributed by atoms with van der Waals surface area (Å²) in [4.78, 5) is 11.1. The lowest BCUT2D eigenvalue weighted by Crippen LogP contribution is -1.99. The van der Waals surface area contributed by atoms with Crippen molar-refractivity contribution in [2.45, 2.75) is 0 Å². The van der Waals surface area contributed by atoms with E-state index >= 15 is 0 Å². The molecule has 0 aliphatic rings. The molecule has 0 aliphatic heterocycles.